The molecule has 9 heteroatoms. The molecule has 0 saturated carbocycles. The smallest absolute Gasteiger partial charge is 0.282 e. The zero-order valence-corrected chi connectivity index (χ0v) is 23.5. The summed E-state index contributed by atoms with van der Waals surface area (Å²) in [6, 6.07) is 11.7. The normalized spacial score (nSPS) is 19.9. The van der Waals surface area contributed by atoms with Crippen molar-refractivity contribution in [1.29, 1.82) is 0 Å². The van der Waals surface area contributed by atoms with Crippen LogP contribution in [0.4, 0.5) is 0 Å². The molecule has 0 bridgehead atoms. The monoisotopic (exact) mass is 542 g/mol. The zero-order chi connectivity index (χ0) is 27.5. The minimum absolute atomic E-state index is 0.114. The number of nitrogens with zero attached hydrogens (tertiary/aromatic N) is 6. The van der Waals surface area contributed by atoms with E-state index in [0.717, 1.165) is 81.0 Å². The number of piperidine rings is 1. The maximum absolute atomic E-state index is 14.1. The number of pyridine rings is 1. The van der Waals surface area contributed by atoms with Crippen LogP contribution >= 0.6 is 0 Å². The SMILES string of the molecule is CCCOc1cccc(-n2cc3nc(-c4cccnc4C)n(C[C@H]4CCCN(C[C@H]5CCCO5)C4)c(=O)c3n2)c1. The van der Waals surface area contributed by atoms with Crippen molar-refractivity contribution in [2.75, 3.05) is 32.8 Å². The summed E-state index contributed by atoms with van der Waals surface area (Å²) in [4.78, 5) is 26.1. The summed E-state index contributed by atoms with van der Waals surface area (Å²) >= 11 is 0. The third kappa shape index (κ3) is 5.67. The fourth-order valence-electron chi connectivity index (χ4n) is 5.96. The fraction of sp³-hybridized carbons (Fsp3) is 0.484. The van der Waals surface area contributed by atoms with Gasteiger partial charge in [0.15, 0.2) is 5.52 Å². The van der Waals surface area contributed by atoms with Crippen LogP contribution in [-0.2, 0) is 11.3 Å². The molecule has 1 aromatic carbocycles. The molecule has 0 spiro atoms. The Morgan fingerprint density at radius 1 is 1.12 bits per heavy atom. The Kier molecular flexibility index (Phi) is 7.93. The Balaban J connectivity index is 1.36. The number of aromatic nitrogens is 5. The number of ether oxygens (including phenoxy) is 2. The lowest BCUT2D eigenvalue weighted by Crippen LogP contribution is -2.42. The molecular weight excluding hydrogens is 504 g/mol. The molecule has 0 aliphatic carbocycles. The third-order valence-electron chi connectivity index (χ3n) is 7.96. The molecule has 0 unspecified atom stereocenters. The number of likely N-dealkylation sites (tertiary alicyclic amines) is 1. The van der Waals surface area contributed by atoms with Gasteiger partial charge >= 0.3 is 0 Å². The van der Waals surface area contributed by atoms with Crippen molar-refractivity contribution in [3.63, 3.8) is 0 Å². The topological polar surface area (TPSA) is 87.3 Å². The van der Waals surface area contributed by atoms with Crippen LogP contribution in [0.5, 0.6) is 5.75 Å². The first-order valence-corrected chi connectivity index (χ1v) is 14.6. The van der Waals surface area contributed by atoms with Gasteiger partial charge in [0, 0.05) is 49.8 Å². The Hall–Kier alpha value is -3.56. The van der Waals surface area contributed by atoms with Crippen molar-refractivity contribution in [3.05, 3.63) is 64.8 Å². The molecule has 2 fully saturated rings. The summed E-state index contributed by atoms with van der Waals surface area (Å²) in [6.45, 7) is 9.18. The summed E-state index contributed by atoms with van der Waals surface area (Å²) in [6.07, 6.45) is 9.37. The minimum atomic E-state index is -0.114. The molecule has 5 heterocycles. The van der Waals surface area contributed by atoms with Crippen LogP contribution in [0.1, 0.15) is 44.7 Å². The molecule has 2 aliphatic heterocycles. The maximum Gasteiger partial charge on any atom is 0.282 e. The Bertz CT molecular complexity index is 1520. The number of hydrogen-bond donors (Lipinski definition) is 0. The number of fused-ring (bicyclic) bond motifs is 1. The van der Waals surface area contributed by atoms with Crippen molar-refractivity contribution >= 4 is 11.0 Å². The first kappa shape index (κ1) is 26.7. The first-order chi connectivity index (χ1) is 19.6. The minimum Gasteiger partial charge on any atom is -0.494 e. The predicted molar refractivity (Wildman–Crippen MR) is 155 cm³/mol. The molecule has 210 valence electrons. The molecular formula is C31H38N6O3. The van der Waals surface area contributed by atoms with E-state index in [1.54, 1.807) is 10.9 Å². The maximum atomic E-state index is 14.1. The van der Waals surface area contributed by atoms with Crippen LogP contribution in [0.3, 0.4) is 0 Å². The molecule has 2 saturated heterocycles. The van der Waals surface area contributed by atoms with Crippen LogP contribution in [-0.4, -0.2) is 68.2 Å². The number of benzene rings is 1. The van der Waals surface area contributed by atoms with Crippen molar-refractivity contribution in [2.24, 2.45) is 5.92 Å². The highest BCUT2D eigenvalue weighted by molar-refractivity contribution is 5.76. The van der Waals surface area contributed by atoms with Crippen LogP contribution in [0.2, 0.25) is 0 Å². The van der Waals surface area contributed by atoms with Gasteiger partial charge in [-0.1, -0.05) is 13.0 Å². The van der Waals surface area contributed by atoms with E-state index in [2.05, 4.69) is 16.8 Å². The zero-order valence-electron chi connectivity index (χ0n) is 23.5. The molecule has 2 atom stereocenters. The van der Waals surface area contributed by atoms with Crippen molar-refractivity contribution in [1.82, 2.24) is 29.2 Å². The van der Waals surface area contributed by atoms with Crippen molar-refractivity contribution in [2.45, 2.75) is 58.6 Å². The number of rotatable bonds is 9. The first-order valence-electron chi connectivity index (χ1n) is 14.6. The standard InChI is InChI=1S/C31H38N6O3/c1-3-15-39-25-10-4-9-24(17-25)37-21-28-29(34-37)31(38)36(30(33-28)27-12-5-13-32-22(27)2)19-23-8-6-14-35(18-23)20-26-11-7-16-40-26/h4-5,9-10,12-13,17,21,23,26H,3,6-8,11,14-16,18-20H2,1-2H3/t23-,26+/m0/s1. The fourth-order valence-corrected chi connectivity index (χ4v) is 5.96. The summed E-state index contributed by atoms with van der Waals surface area (Å²) in [5.74, 6) is 1.78. The lowest BCUT2D eigenvalue weighted by Gasteiger charge is -2.34. The van der Waals surface area contributed by atoms with Crippen LogP contribution < -0.4 is 10.3 Å². The molecule has 2 aliphatic rings. The molecule has 0 amide bonds. The number of hydrogen-bond acceptors (Lipinski definition) is 7. The Labute approximate surface area is 234 Å². The van der Waals surface area contributed by atoms with Gasteiger partial charge in [-0.25, -0.2) is 9.67 Å². The van der Waals surface area contributed by atoms with Crippen LogP contribution in [0.25, 0.3) is 28.1 Å². The molecule has 9 nitrogen and oxygen atoms in total. The second-order valence-corrected chi connectivity index (χ2v) is 11.0. The lowest BCUT2D eigenvalue weighted by molar-refractivity contribution is 0.0545. The summed E-state index contributed by atoms with van der Waals surface area (Å²) < 4.78 is 15.3. The quantitative estimate of drug-likeness (QED) is 0.305. The van der Waals surface area contributed by atoms with E-state index in [1.165, 1.54) is 0 Å². The predicted octanol–water partition coefficient (Wildman–Crippen LogP) is 4.63. The van der Waals surface area contributed by atoms with Gasteiger partial charge < -0.3 is 14.4 Å². The molecule has 0 radical (unpaired) electrons. The van der Waals surface area contributed by atoms with E-state index >= 15 is 0 Å². The highest BCUT2D eigenvalue weighted by atomic mass is 16.5. The van der Waals surface area contributed by atoms with E-state index in [4.69, 9.17) is 19.6 Å². The lowest BCUT2D eigenvalue weighted by atomic mass is 9.97. The van der Waals surface area contributed by atoms with Crippen LogP contribution in [0, 0.1) is 12.8 Å². The van der Waals surface area contributed by atoms with Gasteiger partial charge in [0.25, 0.3) is 5.56 Å². The summed E-state index contributed by atoms with van der Waals surface area (Å²) in [5, 5.41) is 4.72. The summed E-state index contributed by atoms with van der Waals surface area (Å²) in [5.41, 5.74) is 3.38. The van der Waals surface area contributed by atoms with Crippen molar-refractivity contribution < 1.29 is 9.47 Å². The Morgan fingerprint density at radius 3 is 2.88 bits per heavy atom. The van der Waals surface area contributed by atoms with Gasteiger partial charge in [0.1, 0.15) is 17.1 Å². The van der Waals surface area contributed by atoms with Gasteiger partial charge in [0.05, 0.1) is 24.6 Å². The molecule has 40 heavy (non-hydrogen) atoms. The van der Waals surface area contributed by atoms with E-state index < -0.39 is 0 Å². The van der Waals surface area contributed by atoms with E-state index in [0.29, 0.717) is 42.0 Å². The molecule has 0 N–H and O–H groups in total. The van der Waals surface area contributed by atoms with Gasteiger partial charge in [-0.2, -0.15) is 5.10 Å². The molecule has 3 aromatic heterocycles. The van der Waals surface area contributed by atoms with Crippen LogP contribution in [0.15, 0.2) is 53.6 Å². The molecule has 4 aromatic rings. The summed E-state index contributed by atoms with van der Waals surface area (Å²) in [7, 11) is 0. The molecule has 6 rings (SSSR count). The van der Waals surface area contributed by atoms with E-state index in [9.17, 15) is 4.79 Å². The van der Waals surface area contributed by atoms with Gasteiger partial charge in [-0.3, -0.25) is 14.3 Å². The Morgan fingerprint density at radius 2 is 2.05 bits per heavy atom. The van der Waals surface area contributed by atoms with E-state index in [-0.39, 0.29) is 5.56 Å². The van der Waals surface area contributed by atoms with Gasteiger partial charge in [0.2, 0.25) is 0 Å². The second-order valence-electron chi connectivity index (χ2n) is 11.0. The average molecular weight is 543 g/mol. The van der Waals surface area contributed by atoms with Gasteiger partial charge in [-0.15, -0.1) is 0 Å². The highest BCUT2D eigenvalue weighted by Gasteiger charge is 2.27. The highest BCUT2D eigenvalue weighted by Crippen LogP contribution is 2.26. The average Bonchev–Trinajstić information content (AvgIpc) is 3.64. The number of aryl methyl sites for hydroxylation is 1. The third-order valence-corrected chi connectivity index (χ3v) is 7.96. The van der Waals surface area contributed by atoms with E-state index in [1.807, 2.05) is 54.1 Å². The van der Waals surface area contributed by atoms with Gasteiger partial charge in [-0.05, 0) is 75.8 Å². The second kappa shape index (κ2) is 11.9. The largest absolute Gasteiger partial charge is 0.494 e. The van der Waals surface area contributed by atoms with Crippen molar-refractivity contribution in [3.8, 4) is 22.8 Å².